The average Bonchev–Trinajstić information content (AvgIpc) is 2.86. The summed E-state index contributed by atoms with van der Waals surface area (Å²) in [4.78, 5) is 14.0. The Kier molecular flexibility index (Phi) is 4.21. The van der Waals surface area contributed by atoms with Crippen molar-refractivity contribution in [2.75, 3.05) is 7.11 Å². The van der Waals surface area contributed by atoms with Gasteiger partial charge in [-0.05, 0) is 50.7 Å². The Bertz CT molecular complexity index is 822. The lowest BCUT2D eigenvalue weighted by atomic mass is 9.79. The molecule has 2 saturated heterocycles. The van der Waals surface area contributed by atoms with E-state index < -0.39 is 12.7 Å². The van der Waals surface area contributed by atoms with Gasteiger partial charge in [0, 0.05) is 23.5 Å². The van der Waals surface area contributed by atoms with Gasteiger partial charge in [0.15, 0.2) is 0 Å². The number of piperidine rings is 1. The summed E-state index contributed by atoms with van der Waals surface area (Å²) in [5.74, 6) is 0.902. The maximum atomic E-state index is 11.8. The van der Waals surface area contributed by atoms with E-state index in [2.05, 4.69) is 4.81 Å². The van der Waals surface area contributed by atoms with Crippen LogP contribution in [0.15, 0.2) is 33.5 Å². The molecule has 1 unspecified atom stereocenters. The monoisotopic (exact) mass is 343 g/mol. The number of methoxy groups -OCH3 is 1. The van der Waals surface area contributed by atoms with Crippen LogP contribution in [0.5, 0.6) is 11.5 Å². The Morgan fingerprint density at radius 3 is 2.60 bits per heavy atom. The number of rotatable bonds is 4. The lowest BCUT2D eigenvalue weighted by Crippen LogP contribution is -2.52. The van der Waals surface area contributed by atoms with E-state index in [1.54, 1.807) is 12.1 Å². The van der Waals surface area contributed by atoms with Crippen molar-refractivity contribution >= 4 is 18.0 Å². The summed E-state index contributed by atoms with van der Waals surface area (Å²) in [6, 6.07) is 7.96. The zero-order chi connectivity index (χ0) is 17.6. The minimum atomic E-state index is -0.490. The molecule has 2 fully saturated rings. The van der Waals surface area contributed by atoms with Crippen molar-refractivity contribution in [1.82, 2.24) is 4.81 Å². The molecule has 0 spiro atoms. The summed E-state index contributed by atoms with van der Waals surface area (Å²) in [6.07, 6.45) is 4.16. The zero-order valence-corrected chi connectivity index (χ0v) is 14.5. The highest BCUT2D eigenvalue weighted by atomic mass is 16.5. The first-order chi connectivity index (χ1) is 12.0. The Morgan fingerprint density at radius 1 is 1.24 bits per heavy atom. The molecule has 2 aliphatic heterocycles. The van der Waals surface area contributed by atoms with Gasteiger partial charge in [-0.1, -0.05) is 0 Å². The van der Waals surface area contributed by atoms with E-state index in [1.807, 2.05) is 19.0 Å². The molecule has 2 bridgehead atoms. The fraction of sp³-hybridized carbons (Fsp3) is 0.500. The predicted molar refractivity (Wildman–Crippen MR) is 95.2 cm³/mol. The van der Waals surface area contributed by atoms with E-state index in [9.17, 15) is 9.82 Å². The van der Waals surface area contributed by atoms with Gasteiger partial charge in [0.05, 0.1) is 7.11 Å². The Labute approximate surface area is 146 Å². The quantitative estimate of drug-likeness (QED) is 0.678. The molecule has 3 heterocycles. The fourth-order valence-electron chi connectivity index (χ4n) is 4.35. The van der Waals surface area contributed by atoms with Crippen molar-refractivity contribution in [3.63, 3.8) is 0 Å². The van der Waals surface area contributed by atoms with Gasteiger partial charge in [-0.2, -0.15) is 0 Å². The van der Waals surface area contributed by atoms with Gasteiger partial charge in [-0.3, -0.25) is 0 Å². The molecule has 4 rings (SSSR count). The van der Waals surface area contributed by atoms with Crippen LogP contribution in [0.4, 0.5) is 0 Å². The summed E-state index contributed by atoms with van der Waals surface area (Å²) >= 11 is 0. The van der Waals surface area contributed by atoms with Crippen LogP contribution in [-0.2, 0) is 0 Å². The minimum Gasteiger partial charge on any atom is -0.490 e. The summed E-state index contributed by atoms with van der Waals surface area (Å²) in [7, 11) is 1.05. The molecule has 0 saturated carbocycles. The fourth-order valence-corrected chi connectivity index (χ4v) is 4.35. The Balaban J connectivity index is 1.53. The molecule has 0 aliphatic carbocycles. The summed E-state index contributed by atoms with van der Waals surface area (Å²) in [5, 5.41) is 10.8. The van der Waals surface area contributed by atoms with Gasteiger partial charge in [-0.25, -0.2) is 4.79 Å². The van der Waals surface area contributed by atoms with Crippen molar-refractivity contribution in [3.05, 3.63) is 34.7 Å². The molecule has 1 aromatic heterocycles. The molecule has 25 heavy (non-hydrogen) atoms. The van der Waals surface area contributed by atoms with Crippen molar-refractivity contribution < 1.29 is 18.9 Å². The first-order valence-electron chi connectivity index (χ1n) is 8.79. The van der Waals surface area contributed by atoms with E-state index in [0.717, 1.165) is 31.1 Å². The molecule has 2 aliphatic rings. The van der Waals surface area contributed by atoms with E-state index in [0.29, 0.717) is 23.4 Å². The van der Waals surface area contributed by atoms with Gasteiger partial charge in [0.25, 0.3) is 0 Å². The van der Waals surface area contributed by atoms with Gasteiger partial charge in [0.2, 0.25) is 5.75 Å². The molecular formula is C18H22BNO5. The SMILES string of the molecule is COc1cc2ccc(OC3C[C@H]4CC[C@@H](C3)N4B(C)O)cc2oc1=O. The largest absolute Gasteiger partial charge is 0.490 e. The van der Waals surface area contributed by atoms with Crippen LogP contribution >= 0.6 is 0 Å². The molecule has 3 atom stereocenters. The van der Waals surface area contributed by atoms with Gasteiger partial charge in [0.1, 0.15) is 17.4 Å². The summed E-state index contributed by atoms with van der Waals surface area (Å²) in [6.45, 7) is 1.84. The summed E-state index contributed by atoms with van der Waals surface area (Å²) < 4.78 is 16.5. The normalized spacial score (nSPS) is 26.0. The van der Waals surface area contributed by atoms with Crippen LogP contribution in [0.1, 0.15) is 25.7 Å². The van der Waals surface area contributed by atoms with E-state index in [4.69, 9.17) is 13.9 Å². The third-order valence-electron chi connectivity index (χ3n) is 5.38. The predicted octanol–water partition coefficient (Wildman–Crippen LogP) is 2.29. The van der Waals surface area contributed by atoms with Crippen LogP contribution in [0.3, 0.4) is 0 Å². The molecule has 0 radical (unpaired) electrons. The summed E-state index contributed by atoms with van der Waals surface area (Å²) in [5.41, 5.74) is 0.00289. The molecule has 6 nitrogen and oxygen atoms in total. The highest BCUT2D eigenvalue weighted by molar-refractivity contribution is 6.45. The van der Waals surface area contributed by atoms with Crippen LogP contribution < -0.4 is 15.1 Å². The topological polar surface area (TPSA) is 72.1 Å². The zero-order valence-electron chi connectivity index (χ0n) is 14.5. The Hall–Kier alpha value is -1.99. The number of fused-ring (bicyclic) bond motifs is 3. The van der Waals surface area contributed by atoms with Crippen molar-refractivity contribution in [1.29, 1.82) is 0 Å². The standard InChI is InChI=1S/C18H22BNO5/c1-19(22)20-12-4-5-13(20)9-15(8-12)24-14-6-3-11-7-17(23-2)18(21)25-16(11)10-14/h3,6-7,10,12-13,15,22H,4-5,8-9H2,1-2H3/t12-,13+,15?. The highest BCUT2D eigenvalue weighted by Gasteiger charge is 2.44. The van der Waals surface area contributed by atoms with E-state index in [1.165, 1.54) is 7.11 Å². The first kappa shape index (κ1) is 16.5. The van der Waals surface area contributed by atoms with Crippen LogP contribution in [0.25, 0.3) is 11.0 Å². The van der Waals surface area contributed by atoms with Gasteiger partial charge in [-0.15, -0.1) is 0 Å². The molecule has 132 valence electrons. The molecule has 0 amide bonds. The molecule has 1 aromatic carbocycles. The van der Waals surface area contributed by atoms with Crippen LogP contribution in [0, 0.1) is 0 Å². The van der Waals surface area contributed by atoms with Crippen molar-refractivity contribution in [3.8, 4) is 11.5 Å². The van der Waals surface area contributed by atoms with Crippen molar-refractivity contribution in [2.45, 2.75) is 50.7 Å². The minimum absolute atomic E-state index is 0.120. The molecule has 7 heteroatoms. The highest BCUT2D eigenvalue weighted by Crippen LogP contribution is 2.37. The molecule has 1 N–H and O–H groups in total. The van der Waals surface area contributed by atoms with Crippen LogP contribution in [0.2, 0.25) is 6.82 Å². The number of hydrogen-bond acceptors (Lipinski definition) is 6. The lowest BCUT2D eigenvalue weighted by molar-refractivity contribution is 0.0864. The smallest absolute Gasteiger partial charge is 0.379 e. The average molecular weight is 343 g/mol. The van der Waals surface area contributed by atoms with E-state index >= 15 is 0 Å². The second kappa shape index (κ2) is 6.39. The lowest BCUT2D eigenvalue weighted by Gasteiger charge is -2.39. The van der Waals surface area contributed by atoms with Gasteiger partial charge < -0.3 is 23.7 Å². The first-order valence-corrected chi connectivity index (χ1v) is 8.79. The third kappa shape index (κ3) is 3.02. The van der Waals surface area contributed by atoms with Crippen molar-refractivity contribution in [2.24, 2.45) is 0 Å². The number of hydrogen-bond donors (Lipinski definition) is 1. The molecule has 2 aromatic rings. The number of benzene rings is 1. The maximum absolute atomic E-state index is 11.8. The van der Waals surface area contributed by atoms with Crippen LogP contribution in [-0.4, -0.2) is 42.2 Å². The maximum Gasteiger partial charge on any atom is 0.379 e. The number of nitrogens with zero attached hydrogens (tertiary/aromatic N) is 1. The second-order valence-corrected chi connectivity index (χ2v) is 6.98. The molecular weight excluding hydrogens is 321 g/mol. The number of ether oxygens (including phenoxy) is 2. The second-order valence-electron chi connectivity index (χ2n) is 6.98. The Morgan fingerprint density at radius 2 is 1.96 bits per heavy atom. The van der Waals surface area contributed by atoms with Gasteiger partial charge >= 0.3 is 12.7 Å². The van der Waals surface area contributed by atoms with E-state index in [-0.39, 0.29) is 11.9 Å². The third-order valence-corrected chi connectivity index (χ3v) is 5.38.